The van der Waals surface area contributed by atoms with Gasteiger partial charge in [-0.05, 0) is 142 Å². The Morgan fingerprint density at radius 2 is 1.70 bits per heavy atom. The molecule has 4 saturated carbocycles. The third-order valence-corrected chi connectivity index (χ3v) is 13.5. The number of carbonyl (C=O) groups is 2. The standard InChI is InChI=1S/C39H65N3O2/c1-8-14-33(42-35(44)37(4,5)26-25-36(2,3)27-40)41-34(43)17-11-9-10-15-29-19-21-31-30-20-18-28-16-12-13-23-38(28,6)32(30)22-24-39(29,31)7/h1,11,17,28-33H,9-10,12-16,18-27,40H2,2-7H3,(H,41,43)(H,42,44)/b17-11+. The maximum Gasteiger partial charge on any atom is 0.245 e. The molecule has 8 atom stereocenters. The number of carbonyl (C=O) groups excluding carboxylic acids is 2. The van der Waals surface area contributed by atoms with Gasteiger partial charge in [-0.25, -0.2) is 0 Å². The van der Waals surface area contributed by atoms with E-state index in [4.69, 9.17) is 12.2 Å². The topological polar surface area (TPSA) is 84.2 Å². The van der Waals surface area contributed by atoms with Crippen molar-refractivity contribution in [1.29, 1.82) is 0 Å². The fourth-order valence-corrected chi connectivity index (χ4v) is 10.2. The summed E-state index contributed by atoms with van der Waals surface area (Å²) in [6.07, 6.45) is 28.3. The summed E-state index contributed by atoms with van der Waals surface area (Å²) in [6.45, 7) is 14.0. The smallest absolute Gasteiger partial charge is 0.245 e. The Morgan fingerprint density at radius 3 is 2.43 bits per heavy atom. The zero-order chi connectivity index (χ0) is 32.2. The van der Waals surface area contributed by atoms with Gasteiger partial charge in [0.25, 0.3) is 0 Å². The number of unbranched alkanes of at least 4 members (excludes halogenated alkanes) is 1. The average molecular weight is 608 g/mol. The molecular formula is C39H65N3O2. The molecule has 0 aliphatic heterocycles. The number of hydrogen-bond donors (Lipinski definition) is 3. The van der Waals surface area contributed by atoms with E-state index in [0.717, 1.165) is 48.9 Å². The summed E-state index contributed by atoms with van der Waals surface area (Å²) in [7, 11) is 0. The minimum atomic E-state index is -0.581. The number of nitrogens with one attached hydrogen (secondary N) is 2. The number of hydrogen-bond acceptors (Lipinski definition) is 3. The summed E-state index contributed by atoms with van der Waals surface area (Å²) in [5.41, 5.74) is 6.40. The molecule has 248 valence electrons. The molecule has 0 aromatic rings. The van der Waals surface area contributed by atoms with Gasteiger partial charge in [0.2, 0.25) is 11.8 Å². The predicted octanol–water partition coefficient (Wildman–Crippen LogP) is 8.14. The number of amides is 2. The number of fused-ring (bicyclic) bond motifs is 5. The highest BCUT2D eigenvalue weighted by Crippen LogP contribution is 2.67. The van der Waals surface area contributed by atoms with E-state index in [1.54, 1.807) is 6.08 Å². The summed E-state index contributed by atoms with van der Waals surface area (Å²) in [5.74, 6) is 6.95. The molecule has 5 nitrogen and oxygen atoms in total. The lowest BCUT2D eigenvalue weighted by atomic mass is 9.45. The number of allylic oxidation sites excluding steroid dienone is 1. The second kappa shape index (κ2) is 14.3. The number of terminal acetylenes is 1. The van der Waals surface area contributed by atoms with E-state index in [9.17, 15) is 9.59 Å². The Labute approximate surface area is 270 Å². The third-order valence-electron chi connectivity index (χ3n) is 13.5. The highest BCUT2D eigenvalue weighted by molar-refractivity contribution is 5.88. The third kappa shape index (κ3) is 7.76. The first-order chi connectivity index (χ1) is 20.8. The first-order valence-corrected chi connectivity index (χ1v) is 18.2. The number of rotatable bonds is 13. The van der Waals surface area contributed by atoms with Crippen LogP contribution in [0.15, 0.2) is 12.2 Å². The van der Waals surface area contributed by atoms with Crippen LogP contribution in [-0.2, 0) is 9.59 Å². The van der Waals surface area contributed by atoms with E-state index >= 15 is 0 Å². The Morgan fingerprint density at radius 1 is 0.955 bits per heavy atom. The van der Waals surface area contributed by atoms with Crippen molar-refractivity contribution in [1.82, 2.24) is 10.6 Å². The average Bonchev–Trinajstić information content (AvgIpc) is 3.32. The Balaban J connectivity index is 1.22. The lowest BCUT2D eigenvalue weighted by Gasteiger charge is -2.60. The molecule has 8 unspecified atom stereocenters. The lowest BCUT2D eigenvalue weighted by molar-refractivity contribution is -0.131. The molecule has 0 bridgehead atoms. The summed E-state index contributed by atoms with van der Waals surface area (Å²) in [6, 6.07) is 0. The van der Waals surface area contributed by atoms with Crippen molar-refractivity contribution in [2.24, 2.45) is 57.0 Å². The minimum absolute atomic E-state index is 0.0158. The van der Waals surface area contributed by atoms with Crippen LogP contribution in [0.25, 0.3) is 0 Å². The number of nitrogens with two attached hydrogens (primary N) is 1. The maximum absolute atomic E-state index is 13.1. The van der Waals surface area contributed by atoms with Crippen LogP contribution >= 0.6 is 0 Å². The quantitative estimate of drug-likeness (QED) is 0.0855. The minimum Gasteiger partial charge on any atom is -0.335 e. The monoisotopic (exact) mass is 608 g/mol. The Kier molecular flexibility index (Phi) is 11.4. The second-order valence-electron chi connectivity index (χ2n) is 17.2. The molecule has 44 heavy (non-hydrogen) atoms. The molecule has 4 fully saturated rings. The van der Waals surface area contributed by atoms with Gasteiger partial charge in [0.1, 0.15) is 6.17 Å². The normalized spacial score (nSPS) is 34.4. The van der Waals surface area contributed by atoms with Gasteiger partial charge >= 0.3 is 0 Å². The van der Waals surface area contributed by atoms with Gasteiger partial charge in [-0.15, -0.1) is 12.3 Å². The van der Waals surface area contributed by atoms with Crippen molar-refractivity contribution in [2.75, 3.05) is 6.54 Å². The van der Waals surface area contributed by atoms with Crippen LogP contribution in [0.3, 0.4) is 0 Å². The van der Waals surface area contributed by atoms with E-state index in [1.807, 2.05) is 19.9 Å². The van der Waals surface area contributed by atoms with E-state index in [-0.39, 0.29) is 23.7 Å². The first kappa shape index (κ1) is 35.1. The van der Waals surface area contributed by atoms with Crippen LogP contribution in [0.1, 0.15) is 144 Å². The Bertz CT molecular complexity index is 1070. The van der Waals surface area contributed by atoms with E-state index in [1.165, 1.54) is 70.6 Å². The van der Waals surface area contributed by atoms with Crippen molar-refractivity contribution in [3.63, 3.8) is 0 Å². The summed E-state index contributed by atoms with van der Waals surface area (Å²) >= 11 is 0. The van der Waals surface area contributed by atoms with Crippen molar-refractivity contribution in [3.8, 4) is 12.3 Å². The SMILES string of the molecule is C#CCC(NC(=O)/C=C/CCCC1CCC2C3CCC4CCCCC4(C)C3CCC12C)NC(=O)C(C)(C)CCC(C)(C)CN. The van der Waals surface area contributed by atoms with E-state index < -0.39 is 11.6 Å². The van der Waals surface area contributed by atoms with Gasteiger partial charge in [-0.1, -0.05) is 60.5 Å². The molecule has 0 heterocycles. The summed E-state index contributed by atoms with van der Waals surface area (Å²) in [4.78, 5) is 25.8. The molecule has 2 amide bonds. The van der Waals surface area contributed by atoms with E-state index in [2.05, 4.69) is 44.2 Å². The molecule has 5 heteroatoms. The van der Waals surface area contributed by atoms with Crippen LogP contribution in [0.4, 0.5) is 0 Å². The van der Waals surface area contributed by atoms with Gasteiger partial charge in [0, 0.05) is 11.8 Å². The first-order valence-electron chi connectivity index (χ1n) is 18.2. The fourth-order valence-electron chi connectivity index (χ4n) is 10.2. The molecule has 0 aromatic heterocycles. The molecule has 4 rings (SSSR count). The van der Waals surface area contributed by atoms with Crippen LogP contribution in [0, 0.1) is 63.6 Å². The molecule has 4 aliphatic rings. The van der Waals surface area contributed by atoms with Crippen molar-refractivity contribution in [3.05, 3.63) is 12.2 Å². The molecule has 4 N–H and O–H groups in total. The van der Waals surface area contributed by atoms with Crippen LogP contribution < -0.4 is 16.4 Å². The second-order valence-corrected chi connectivity index (χ2v) is 17.2. The highest BCUT2D eigenvalue weighted by Gasteiger charge is 2.59. The van der Waals surface area contributed by atoms with E-state index in [0.29, 0.717) is 23.8 Å². The van der Waals surface area contributed by atoms with Gasteiger partial charge < -0.3 is 16.4 Å². The lowest BCUT2D eigenvalue weighted by Crippen LogP contribution is -2.52. The van der Waals surface area contributed by atoms with Crippen LogP contribution in [0.5, 0.6) is 0 Å². The highest BCUT2D eigenvalue weighted by atomic mass is 16.2. The maximum atomic E-state index is 13.1. The Hall–Kier alpha value is -1.80. The van der Waals surface area contributed by atoms with Gasteiger partial charge in [0.15, 0.2) is 0 Å². The zero-order valence-corrected chi connectivity index (χ0v) is 29.1. The summed E-state index contributed by atoms with van der Waals surface area (Å²) in [5, 5.41) is 5.88. The summed E-state index contributed by atoms with van der Waals surface area (Å²) < 4.78 is 0. The van der Waals surface area contributed by atoms with Crippen molar-refractivity contribution < 1.29 is 9.59 Å². The fraction of sp³-hybridized carbons (Fsp3) is 0.846. The molecule has 4 aliphatic carbocycles. The molecular weight excluding hydrogens is 542 g/mol. The van der Waals surface area contributed by atoms with Crippen LogP contribution in [-0.4, -0.2) is 24.5 Å². The molecule has 0 radical (unpaired) electrons. The zero-order valence-electron chi connectivity index (χ0n) is 29.1. The van der Waals surface area contributed by atoms with Crippen LogP contribution in [0.2, 0.25) is 0 Å². The predicted molar refractivity (Wildman–Crippen MR) is 182 cm³/mol. The van der Waals surface area contributed by atoms with Crippen molar-refractivity contribution >= 4 is 11.8 Å². The van der Waals surface area contributed by atoms with Crippen molar-refractivity contribution in [2.45, 2.75) is 150 Å². The largest absolute Gasteiger partial charge is 0.335 e. The van der Waals surface area contributed by atoms with Gasteiger partial charge in [-0.2, -0.15) is 0 Å². The molecule has 0 spiro atoms. The van der Waals surface area contributed by atoms with Gasteiger partial charge in [-0.3, -0.25) is 9.59 Å². The molecule has 0 saturated heterocycles. The van der Waals surface area contributed by atoms with Gasteiger partial charge in [0.05, 0.1) is 0 Å². The molecule has 0 aromatic carbocycles.